The summed E-state index contributed by atoms with van der Waals surface area (Å²) in [4.78, 5) is 6.62. The fourth-order valence-corrected chi connectivity index (χ4v) is 3.05. The van der Waals surface area contributed by atoms with Gasteiger partial charge in [0, 0.05) is 19.7 Å². The first-order valence-corrected chi connectivity index (χ1v) is 8.21. The zero-order valence-electron chi connectivity index (χ0n) is 14.5. The van der Waals surface area contributed by atoms with E-state index in [-0.39, 0.29) is 6.10 Å². The number of aliphatic imine (C=N–C) groups is 1. The van der Waals surface area contributed by atoms with Crippen LogP contribution in [0, 0.1) is 13.8 Å². The molecule has 2 heterocycles. The molecule has 1 aliphatic rings. The van der Waals surface area contributed by atoms with E-state index in [9.17, 15) is 0 Å². The second-order valence-electron chi connectivity index (χ2n) is 6.06. The smallest absolute Gasteiger partial charge is 0.194 e. The summed E-state index contributed by atoms with van der Waals surface area (Å²) in [5.74, 6) is 0.857. The molecule has 0 amide bonds. The lowest BCUT2D eigenvalue weighted by molar-refractivity contribution is -0.00835. The number of aromatic nitrogens is 1. The highest BCUT2D eigenvalue weighted by molar-refractivity contribution is 5.80. The van der Waals surface area contributed by atoms with Gasteiger partial charge in [0.2, 0.25) is 0 Å². The van der Waals surface area contributed by atoms with Gasteiger partial charge < -0.3 is 19.5 Å². The zero-order valence-corrected chi connectivity index (χ0v) is 14.5. The molecule has 1 atom stereocenters. The van der Waals surface area contributed by atoms with Crippen molar-refractivity contribution in [3.05, 3.63) is 52.9 Å². The average Bonchev–Trinajstić information content (AvgIpc) is 3.09. The van der Waals surface area contributed by atoms with Gasteiger partial charge in [0.25, 0.3) is 0 Å². The summed E-state index contributed by atoms with van der Waals surface area (Å²) in [5.41, 5.74) is 4.65. The van der Waals surface area contributed by atoms with Gasteiger partial charge in [-0.05, 0) is 25.0 Å². The highest BCUT2D eigenvalue weighted by Gasteiger charge is 2.25. The molecule has 0 aliphatic carbocycles. The van der Waals surface area contributed by atoms with E-state index in [1.54, 1.807) is 13.3 Å². The van der Waals surface area contributed by atoms with Crippen molar-refractivity contribution < 1.29 is 9.26 Å². The minimum atomic E-state index is 0.0601. The predicted octanol–water partition coefficient (Wildman–Crippen LogP) is 2.44. The fraction of sp³-hybridized carbons (Fsp3) is 0.444. The lowest BCUT2D eigenvalue weighted by Crippen LogP contribution is -2.48. The molecule has 0 spiro atoms. The number of nitrogens with zero attached hydrogens (tertiary/aromatic N) is 3. The Hall–Kier alpha value is -2.34. The van der Waals surface area contributed by atoms with E-state index in [1.165, 1.54) is 16.7 Å². The van der Waals surface area contributed by atoms with Crippen LogP contribution >= 0.6 is 0 Å². The number of benzene rings is 1. The summed E-state index contributed by atoms with van der Waals surface area (Å²) in [6.45, 7) is 7.13. The van der Waals surface area contributed by atoms with Crippen LogP contribution in [-0.4, -0.2) is 42.8 Å². The van der Waals surface area contributed by atoms with Crippen LogP contribution in [0.3, 0.4) is 0 Å². The van der Waals surface area contributed by atoms with E-state index in [0.29, 0.717) is 13.2 Å². The Bertz CT molecular complexity index is 697. The van der Waals surface area contributed by atoms with Gasteiger partial charge in [-0.15, -0.1) is 0 Å². The molecule has 128 valence electrons. The van der Waals surface area contributed by atoms with E-state index in [0.717, 1.165) is 24.7 Å². The molecule has 1 saturated heterocycles. The fourth-order valence-electron chi connectivity index (χ4n) is 3.05. The molecule has 6 nitrogen and oxygen atoms in total. The SMILES string of the molecule is CN=C(NCc1ccon1)N1CCOC(c2ccc(C)cc2C)C1. The van der Waals surface area contributed by atoms with Gasteiger partial charge in [-0.25, -0.2) is 0 Å². The van der Waals surface area contributed by atoms with Crippen LogP contribution < -0.4 is 5.32 Å². The maximum Gasteiger partial charge on any atom is 0.194 e. The Balaban J connectivity index is 1.67. The maximum absolute atomic E-state index is 6.01. The number of morpholine rings is 1. The van der Waals surface area contributed by atoms with Crippen molar-refractivity contribution in [2.45, 2.75) is 26.5 Å². The largest absolute Gasteiger partial charge is 0.370 e. The monoisotopic (exact) mass is 328 g/mol. The number of hydrogen-bond acceptors (Lipinski definition) is 4. The highest BCUT2D eigenvalue weighted by atomic mass is 16.5. The molecular weight excluding hydrogens is 304 g/mol. The van der Waals surface area contributed by atoms with Gasteiger partial charge in [-0.3, -0.25) is 4.99 Å². The third-order valence-electron chi connectivity index (χ3n) is 4.27. The van der Waals surface area contributed by atoms with Gasteiger partial charge in [0.1, 0.15) is 18.1 Å². The first-order valence-electron chi connectivity index (χ1n) is 8.21. The van der Waals surface area contributed by atoms with Crippen LogP contribution in [0.25, 0.3) is 0 Å². The van der Waals surface area contributed by atoms with E-state index in [2.05, 4.69) is 52.4 Å². The van der Waals surface area contributed by atoms with Gasteiger partial charge in [-0.2, -0.15) is 0 Å². The van der Waals surface area contributed by atoms with Crippen molar-refractivity contribution >= 4 is 5.96 Å². The van der Waals surface area contributed by atoms with E-state index >= 15 is 0 Å². The Kier molecular flexibility index (Phi) is 5.15. The first-order chi connectivity index (χ1) is 11.7. The van der Waals surface area contributed by atoms with Crippen LogP contribution in [0.15, 0.2) is 40.0 Å². The minimum absolute atomic E-state index is 0.0601. The van der Waals surface area contributed by atoms with Crippen molar-refractivity contribution in [2.24, 2.45) is 4.99 Å². The summed E-state index contributed by atoms with van der Waals surface area (Å²) in [6.07, 6.45) is 1.63. The second kappa shape index (κ2) is 7.49. The topological polar surface area (TPSA) is 62.9 Å². The molecule has 3 rings (SSSR count). The lowest BCUT2D eigenvalue weighted by Gasteiger charge is -2.35. The quantitative estimate of drug-likeness (QED) is 0.692. The summed E-state index contributed by atoms with van der Waals surface area (Å²) in [7, 11) is 1.80. The normalized spacial score (nSPS) is 18.7. The average molecular weight is 328 g/mol. The van der Waals surface area contributed by atoms with E-state index in [4.69, 9.17) is 9.26 Å². The maximum atomic E-state index is 6.01. The first kappa shape index (κ1) is 16.5. The predicted molar refractivity (Wildman–Crippen MR) is 92.9 cm³/mol. The van der Waals surface area contributed by atoms with Crippen molar-refractivity contribution in [2.75, 3.05) is 26.7 Å². The van der Waals surface area contributed by atoms with Crippen LogP contribution in [-0.2, 0) is 11.3 Å². The van der Waals surface area contributed by atoms with Crippen LogP contribution in [0.4, 0.5) is 0 Å². The van der Waals surface area contributed by atoms with Crippen LogP contribution in [0.5, 0.6) is 0 Å². The Morgan fingerprint density at radius 3 is 2.96 bits per heavy atom. The molecule has 0 bridgehead atoms. The molecule has 1 aromatic heterocycles. The number of nitrogens with one attached hydrogen (secondary N) is 1. The molecule has 1 N–H and O–H groups in total. The van der Waals surface area contributed by atoms with Crippen molar-refractivity contribution in [3.8, 4) is 0 Å². The summed E-state index contributed by atoms with van der Waals surface area (Å²) in [5, 5.41) is 7.25. The van der Waals surface area contributed by atoms with E-state index in [1.807, 2.05) is 6.07 Å². The zero-order chi connectivity index (χ0) is 16.9. The van der Waals surface area contributed by atoms with Gasteiger partial charge in [0.05, 0.1) is 19.7 Å². The van der Waals surface area contributed by atoms with Crippen molar-refractivity contribution in [3.63, 3.8) is 0 Å². The number of ether oxygens (including phenoxy) is 1. The molecule has 0 saturated carbocycles. The molecule has 2 aromatic rings. The summed E-state index contributed by atoms with van der Waals surface area (Å²) < 4.78 is 10.9. The van der Waals surface area contributed by atoms with Crippen molar-refractivity contribution in [1.29, 1.82) is 0 Å². The Morgan fingerprint density at radius 2 is 2.25 bits per heavy atom. The molecule has 6 heteroatoms. The molecular formula is C18H24N4O2. The molecule has 1 fully saturated rings. The Morgan fingerprint density at radius 1 is 1.38 bits per heavy atom. The lowest BCUT2D eigenvalue weighted by atomic mass is 10.00. The number of guanidine groups is 1. The van der Waals surface area contributed by atoms with Gasteiger partial charge in [-0.1, -0.05) is 28.9 Å². The number of rotatable bonds is 3. The standard InChI is InChI=1S/C18H24N4O2/c1-13-4-5-16(14(2)10-13)17-12-22(7-9-23-17)18(19-3)20-11-15-6-8-24-21-15/h4-6,8,10,17H,7,9,11-12H2,1-3H3,(H,19,20). The number of hydrogen-bond donors (Lipinski definition) is 1. The minimum Gasteiger partial charge on any atom is -0.370 e. The third-order valence-corrected chi connectivity index (χ3v) is 4.27. The summed E-state index contributed by atoms with van der Waals surface area (Å²) >= 11 is 0. The summed E-state index contributed by atoms with van der Waals surface area (Å²) in [6, 6.07) is 8.36. The molecule has 24 heavy (non-hydrogen) atoms. The molecule has 1 aromatic carbocycles. The van der Waals surface area contributed by atoms with Gasteiger partial charge >= 0.3 is 0 Å². The van der Waals surface area contributed by atoms with Crippen LogP contribution in [0.1, 0.15) is 28.5 Å². The third kappa shape index (κ3) is 3.76. The van der Waals surface area contributed by atoms with Crippen molar-refractivity contribution in [1.82, 2.24) is 15.4 Å². The highest BCUT2D eigenvalue weighted by Crippen LogP contribution is 2.25. The number of aryl methyl sites for hydroxylation is 2. The van der Waals surface area contributed by atoms with E-state index < -0.39 is 0 Å². The van der Waals surface area contributed by atoms with Gasteiger partial charge in [0.15, 0.2) is 5.96 Å². The van der Waals surface area contributed by atoms with Crippen LogP contribution in [0.2, 0.25) is 0 Å². The molecule has 0 radical (unpaired) electrons. The second-order valence-corrected chi connectivity index (χ2v) is 6.06. The molecule has 1 aliphatic heterocycles. The Labute approximate surface area is 142 Å². The molecule has 1 unspecified atom stereocenters.